The Bertz CT molecular complexity index is 373. The first kappa shape index (κ1) is 13.1. The maximum Gasteiger partial charge on any atom is 0.224 e. The van der Waals surface area contributed by atoms with Crippen LogP contribution in [0.25, 0.3) is 0 Å². The number of carbonyl (C=O) groups is 1. The van der Waals surface area contributed by atoms with Crippen molar-refractivity contribution in [2.24, 2.45) is 11.7 Å². The quantitative estimate of drug-likeness (QED) is 0.836. The summed E-state index contributed by atoms with van der Waals surface area (Å²) in [6, 6.07) is -0.121. The van der Waals surface area contributed by atoms with E-state index in [4.69, 9.17) is 5.73 Å². The molecule has 0 aliphatic heterocycles. The Balaban J connectivity index is 2.52. The van der Waals surface area contributed by atoms with Crippen molar-refractivity contribution in [1.82, 2.24) is 10.3 Å². The summed E-state index contributed by atoms with van der Waals surface area (Å²) < 4.78 is 0. The molecule has 0 aliphatic carbocycles. The van der Waals surface area contributed by atoms with Crippen LogP contribution in [0.2, 0.25) is 0 Å². The summed E-state index contributed by atoms with van der Waals surface area (Å²) in [4.78, 5) is 17.1. The molecule has 1 heterocycles. The van der Waals surface area contributed by atoms with E-state index in [9.17, 15) is 4.79 Å². The first-order chi connectivity index (χ1) is 7.41. The Morgan fingerprint density at radius 1 is 1.50 bits per heavy atom. The topological polar surface area (TPSA) is 68.0 Å². The zero-order valence-electron chi connectivity index (χ0n) is 10.2. The van der Waals surface area contributed by atoms with Gasteiger partial charge in [0.1, 0.15) is 0 Å². The van der Waals surface area contributed by atoms with Crippen LogP contribution in [-0.4, -0.2) is 16.9 Å². The van der Waals surface area contributed by atoms with Gasteiger partial charge in [-0.25, -0.2) is 4.98 Å². The Morgan fingerprint density at radius 3 is 2.56 bits per heavy atom. The van der Waals surface area contributed by atoms with Gasteiger partial charge in [-0.1, -0.05) is 6.92 Å². The summed E-state index contributed by atoms with van der Waals surface area (Å²) in [5.74, 6) is -0.158. The molecule has 2 atom stereocenters. The molecule has 1 aromatic heterocycles. The van der Waals surface area contributed by atoms with Crippen LogP contribution < -0.4 is 11.1 Å². The SMILES string of the molecule is Cc1nc(C)c(CNC(=O)C(C)C(C)N)s1. The standard InChI is InChI=1S/C11H19N3OS/c1-6(7(2)12)11(15)13-5-10-8(3)14-9(4)16-10/h6-7H,5,12H2,1-4H3,(H,13,15). The number of nitrogens with two attached hydrogens (primary N) is 1. The second-order valence-electron chi connectivity index (χ2n) is 4.11. The highest BCUT2D eigenvalue weighted by Crippen LogP contribution is 2.16. The van der Waals surface area contributed by atoms with Crippen LogP contribution in [0.4, 0.5) is 0 Å². The average molecular weight is 241 g/mol. The number of nitrogens with one attached hydrogen (secondary N) is 1. The first-order valence-corrected chi connectivity index (χ1v) is 6.19. The molecule has 2 unspecified atom stereocenters. The molecule has 0 bridgehead atoms. The molecule has 1 aromatic rings. The molecule has 0 radical (unpaired) electrons. The van der Waals surface area contributed by atoms with Crippen molar-refractivity contribution in [1.29, 1.82) is 0 Å². The van der Waals surface area contributed by atoms with Gasteiger partial charge < -0.3 is 11.1 Å². The molecule has 90 valence electrons. The van der Waals surface area contributed by atoms with Crippen molar-refractivity contribution in [2.45, 2.75) is 40.3 Å². The van der Waals surface area contributed by atoms with Gasteiger partial charge in [-0.2, -0.15) is 0 Å². The van der Waals surface area contributed by atoms with Gasteiger partial charge in [-0.15, -0.1) is 11.3 Å². The monoisotopic (exact) mass is 241 g/mol. The molecule has 1 rings (SSSR count). The smallest absolute Gasteiger partial charge is 0.224 e. The number of aromatic nitrogens is 1. The Labute approximate surface area is 100 Å². The third kappa shape index (κ3) is 3.28. The van der Waals surface area contributed by atoms with E-state index < -0.39 is 0 Å². The van der Waals surface area contributed by atoms with Crippen LogP contribution in [-0.2, 0) is 11.3 Å². The number of carbonyl (C=O) groups excluding carboxylic acids is 1. The van der Waals surface area contributed by atoms with Gasteiger partial charge in [0.15, 0.2) is 0 Å². The summed E-state index contributed by atoms with van der Waals surface area (Å²) in [6.45, 7) is 8.15. The predicted molar refractivity (Wildman–Crippen MR) is 66.2 cm³/mol. The fourth-order valence-corrected chi connectivity index (χ4v) is 2.18. The van der Waals surface area contributed by atoms with Crippen molar-refractivity contribution < 1.29 is 4.79 Å². The van der Waals surface area contributed by atoms with E-state index in [2.05, 4.69) is 10.3 Å². The van der Waals surface area contributed by atoms with E-state index in [0.29, 0.717) is 6.54 Å². The second kappa shape index (κ2) is 5.41. The normalized spacial score (nSPS) is 14.6. The van der Waals surface area contributed by atoms with Crippen LogP contribution in [0.5, 0.6) is 0 Å². The minimum absolute atomic E-state index is 0.000420. The molecule has 0 aromatic carbocycles. The fourth-order valence-electron chi connectivity index (χ4n) is 1.30. The summed E-state index contributed by atoms with van der Waals surface area (Å²) in [5.41, 5.74) is 6.67. The summed E-state index contributed by atoms with van der Waals surface area (Å²) in [6.07, 6.45) is 0. The molecule has 0 aliphatic rings. The third-order valence-electron chi connectivity index (χ3n) is 2.63. The lowest BCUT2D eigenvalue weighted by atomic mass is 10.0. The maximum absolute atomic E-state index is 11.7. The Kier molecular flexibility index (Phi) is 4.44. The van der Waals surface area contributed by atoms with Crippen LogP contribution in [0.3, 0.4) is 0 Å². The van der Waals surface area contributed by atoms with Gasteiger partial charge in [0.25, 0.3) is 0 Å². The van der Waals surface area contributed by atoms with Crippen molar-refractivity contribution in [2.75, 3.05) is 0 Å². The van der Waals surface area contributed by atoms with Gasteiger partial charge in [0.2, 0.25) is 5.91 Å². The number of rotatable bonds is 4. The Hall–Kier alpha value is -0.940. The molecular weight excluding hydrogens is 222 g/mol. The molecular formula is C11H19N3OS. The minimum atomic E-state index is -0.158. The molecule has 5 heteroatoms. The second-order valence-corrected chi connectivity index (χ2v) is 5.39. The Morgan fingerprint density at radius 2 is 2.12 bits per heavy atom. The number of thiazole rings is 1. The van der Waals surface area contributed by atoms with E-state index in [1.807, 2.05) is 27.7 Å². The summed E-state index contributed by atoms with van der Waals surface area (Å²) >= 11 is 1.62. The maximum atomic E-state index is 11.7. The molecule has 0 spiro atoms. The molecule has 4 nitrogen and oxygen atoms in total. The molecule has 0 saturated heterocycles. The summed E-state index contributed by atoms with van der Waals surface area (Å²) in [5, 5.41) is 3.92. The number of aryl methyl sites for hydroxylation is 2. The highest BCUT2D eigenvalue weighted by atomic mass is 32.1. The van der Waals surface area contributed by atoms with Crippen molar-refractivity contribution >= 4 is 17.2 Å². The van der Waals surface area contributed by atoms with Crippen LogP contribution >= 0.6 is 11.3 Å². The minimum Gasteiger partial charge on any atom is -0.351 e. The largest absolute Gasteiger partial charge is 0.351 e. The van der Waals surface area contributed by atoms with Crippen molar-refractivity contribution in [3.63, 3.8) is 0 Å². The van der Waals surface area contributed by atoms with Crippen LogP contribution in [0.1, 0.15) is 29.4 Å². The van der Waals surface area contributed by atoms with Crippen molar-refractivity contribution in [3.05, 3.63) is 15.6 Å². The van der Waals surface area contributed by atoms with Crippen LogP contribution in [0.15, 0.2) is 0 Å². The van der Waals surface area contributed by atoms with E-state index in [-0.39, 0.29) is 17.9 Å². The third-order valence-corrected chi connectivity index (χ3v) is 3.70. The number of amides is 1. The van der Waals surface area contributed by atoms with Gasteiger partial charge in [0.05, 0.1) is 17.2 Å². The number of nitrogens with zero attached hydrogens (tertiary/aromatic N) is 1. The predicted octanol–water partition coefficient (Wildman–Crippen LogP) is 1.36. The highest BCUT2D eigenvalue weighted by Gasteiger charge is 2.17. The van der Waals surface area contributed by atoms with E-state index in [0.717, 1.165) is 15.6 Å². The molecule has 16 heavy (non-hydrogen) atoms. The molecule has 1 amide bonds. The summed E-state index contributed by atoms with van der Waals surface area (Å²) in [7, 11) is 0. The van der Waals surface area contributed by atoms with Gasteiger partial charge >= 0.3 is 0 Å². The van der Waals surface area contributed by atoms with E-state index >= 15 is 0 Å². The number of hydrogen-bond acceptors (Lipinski definition) is 4. The highest BCUT2D eigenvalue weighted by molar-refractivity contribution is 7.11. The lowest BCUT2D eigenvalue weighted by Gasteiger charge is -2.14. The average Bonchev–Trinajstić information content (AvgIpc) is 2.52. The fraction of sp³-hybridized carbons (Fsp3) is 0.636. The van der Waals surface area contributed by atoms with Gasteiger partial charge in [0, 0.05) is 16.8 Å². The molecule has 0 fully saturated rings. The lowest BCUT2D eigenvalue weighted by Crippen LogP contribution is -2.38. The van der Waals surface area contributed by atoms with E-state index in [1.54, 1.807) is 11.3 Å². The van der Waals surface area contributed by atoms with Crippen LogP contribution in [0, 0.1) is 19.8 Å². The first-order valence-electron chi connectivity index (χ1n) is 5.38. The van der Waals surface area contributed by atoms with Crippen molar-refractivity contribution in [3.8, 4) is 0 Å². The van der Waals surface area contributed by atoms with Gasteiger partial charge in [-0.3, -0.25) is 4.79 Å². The molecule has 3 N–H and O–H groups in total. The zero-order chi connectivity index (χ0) is 12.3. The zero-order valence-corrected chi connectivity index (χ0v) is 11.0. The lowest BCUT2D eigenvalue weighted by molar-refractivity contribution is -0.125. The number of hydrogen-bond donors (Lipinski definition) is 2. The molecule has 0 saturated carbocycles. The van der Waals surface area contributed by atoms with E-state index in [1.165, 1.54) is 0 Å². The van der Waals surface area contributed by atoms with Gasteiger partial charge in [-0.05, 0) is 20.8 Å².